The number of nitriles is 1. The van der Waals surface area contributed by atoms with Crippen molar-refractivity contribution < 1.29 is 9.84 Å². The molecule has 1 heterocycles. The molecule has 3 rings (SSSR count). The third-order valence-electron chi connectivity index (χ3n) is 4.08. The first kappa shape index (κ1) is 19.9. The van der Waals surface area contributed by atoms with Crippen LogP contribution in [0.1, 0.15) is 30.9 Å². The molecule has 0 fully saturated rings. The number of benzene rings is 2. The minimum absolute atomic E-state index is 0.142. The molecule has 28 heavy (non-hydrogen) atoms. The van der Waals surface area contributed by atoms with Gasteiger partial charge < -0.3 is 9.84 Å². The largest absolute Gasteiger partial charge is 0.491 e. The van der Waals surface area contributed by atoms with Crippen molar-refractivity contribution in [1.82, 2.24) is 20.2 Å². The van der Waals surface area contributed by atoms with Gasteiger partial charge in [-0.05, 0) is 58.3 Å². The summed E-state index contributed by atoms with van der Waals surface area (Å²) in [5.41, 5.74) is 2.69. The monoisotopic (exact) mass is 395 g/mol. The third kappa shape index (κ3) is 5.09. The van der Waals surface area contributed by atoms with E-state index in [4.69, 9.17) is 10.00 Å². The maximum atomic E-state index is 10.2. The molecule has 0 spiro atoms. The van der Waals surface area contributed by atoms with Gasteiger partial charge in [0.2, 0.25) is 5.16 Å². The van der Waals surface area contributed by atoms with Crippen LogP contribution in [-0.2, 0) is 0 Å². The van der Waals surface area contributed by atoms with Gasteiger partial charge in [0, 0.05) is 5.75 Å². The van der Waals surface area contributed by atoms with Crippen LogP contribution in [0.3, 0.4) is 0 Å². The van der Waals surface area contributed by atoms with Gasteiger partial charge in [0.05, 0.1) is 23.4 Å². The van der Waals surface area contributed by atoms with Gasteiger partial charge in [-0.2, -0.15) is 9.94 Å². The van der Waals surface area contributed by atoms with E-state index in [2.05, 4.69) is 47.6 Å². The van der Waals surface area contributed by atoms with Crippen LogP contribution in [0, 0.1) is 11.3 Å². The number of nitrogens with zero attached hydrogens (tertiary/aromatic N) is 5. The Hall–Kier alpha value is -2.89. The number of thioether (sulfide) groups is 1. The summed E-state index contributed by atoms with van der Waals surface area (Å²) in [6.45, 7) is 4.44. The molecule has 0 saturated heterocycles. The SMILES string of the molecule is CC(C)c1ccc(-n2nnnc2SCC(O)COc2ccc(C#N)cc2)cc1. The normalized spacial score (nSPS) is 12.0. The van der Waals surface area contributed by atoms with Crippen LogP contribution in [0.5, 0.6) is 5.75 Å². The second-order valence-corrected chi connectivity index (χ2v) is 7.52. The van der Waals surface area contributed by atoms with Crippen molar-refractivity contribution in [2.45, 2.75) is 31.0 Å². The predicted molar refractivity (Wildman–Crippen MR) is 107 cm³/mol. The standard InChI is InChI=1S/C20H21N5O2S/c1-14(2)16-5-7-17(8-6-16)25-20(22-23-24-25)28-13-18(26)12-27-19-9-3-15(11-21)4-10-19/h3-10,14,18,26H,12-13H2,1-2H3. The molecule has 1 unspecified atom stereocenters. The average Bonchev–Trinajstić information content (AvgIpc) is 3.19. The zero-order valence-electron chi connectivity index (χ0n) is 15.7. The molecular formula is C20H21N5O2S. The lowest BCUT2D eigenvalue weighted by molar-refractivity contribution is 0.126. The van der Waals surface area contributed by atoms with Gasteiger partial charge in [-0.3, -0.25) is 0 Å². The number of aliphatic hydroxyl groups excluding tert-OH is 1. The molecule has 0 amide bonds. The first-order chi connectivity index (χ1) is 13.6. The van der Waals surface area contributed by atoms with E-state index in [1.807, 2.05) is 12.1 Å². The zero-order valence-corrected chi connectivity index (χ0v) is 16.5. The summed E-state index contributed by atoms with van der Waals surface area (Å²) >= 11 is 1.36. The summed E-state index contributed by atoms with van der Waals surface area (Å²) < 4.78 is 7.21. The molecule has 1 N–H and O–H groups in total. The molecule has 0 aliphatic rings. The Balaban J connectivity index is 1.54. The Morgan fingerprint density at radius 2 is 1.86 bits per heavy atom. The molecule has 0 saturated carbocycles. The van der Waals surface area contributed by atoms with Crippen LogP contribution in [0.4, 0.5) is 0 Å². The highest BCUT2D eigenvalue weighted by Crippen LogP contribution is 2.21. The summed E-state index contributed by atoms with van der Waals surface area (Å²) in [5, 5.41) is 31.4. The Kier molecular flexibility index (Phi) is 6.63. The van der Waals surface area contributed by atoms with Crippen molar-refractivity contribution in [1.29, 1.82) is 5.26 Å². The summed E-state index contributed by atoms with van der Waals surface area (Å²) in [7, 11) is 0. The molecule has 144 valence electrons. The topological polar surface area (TPSA) is 96.8 Å². The maximum Gasteiger partial charge on any atom is 0.214 e. The van der Waals surface area contributed by atoms with Gasteiger partial charge in [-0.15, -0.1) is 5.10 Å². The lowest BCUT2D eigenvalue weighted by Crippen LogP contribution is -2.20. The van der Waals surface area contributed by atoms with Gasteiger partial charge in [-0.25, -0.2) is 0 Å². The quantitative estimate of drug-likeness (QED) is 0.585. The number of rotatable bonds is 8. The smallest absolute Gasteiger partial charge is 0.214 e. The van der Waals surface area contributed by atoms with E-state index in [0.717, 1.165) is 5.69 Å². The second-order valence-electron chi connectivity index (χ2n) is 6.53. The third-order valence-corrected chi connectivity index (χ3v) is 5.14. The molecule has 7 nitrogen and oxygen atoms in total. The molecule has 1 atom stereocenters. The van der Waals surface area contributed by atoms with E-state index in [9.17, 15) is 5.11 Å². The fourth-order valence-corrected chi connectivity index (χ4v) is 3.26. The molecule has 0 aliphatic carbocycles. The molecule has 1 aromatic heterocycles. The first-order valence-corrected chi connectivity index (χ1v) is 9.88. The Morgan fingerprint density at radius 1 is 1.14 bits per heavy atom. The summed E-state index contributed by atoms with van der Waals surface area (Å²) in [6.07, 6.45) is -0.686. The van der Waals surface area contributed by atoms with Crippen molar-refractivity contribution >= 4 is 11.8 Å². The van der Waals surface area contributed by atoms with Gasteiger partial charge >= 0.3 is 0 Å². The second kappa shape index (κ2) is 9.35. The van der Waals surface area contributed by atoms with Crippen molar-refractivity contribution in [3.63, 3.8) is 0 Å². The number of hydrogen-bond acceptors (Lipinski definition) is 7. The summed E-state index contributed by atoms with van der Waals surface area (Å²) in [5.74, 6) is 1.46. The summed E-state index contributed by atoms with van der Waals surface area (Å²) in [6, 6.07) is 16.9. The molecule has 8 heteroatoms. The summed E-state index contributed by atoms with van der Waals surface area (Å²) in [4.78, 5) is 0. The number of hydrogen-bond donors (Lipinski definition) is 1. The van der Waals surface area contributed by atoms with Crippen LogP contribution >= 0.6 is 11.8 Å². The molecule has 0 bridgehead atoms. The van der Waals surface area contributed by atoms with Gasteiger partial charge in [0.25, 0.3) is 0 Å². The van der Waals surface area contributed by atoms with E-state index < -0.39 is 6.10 Å². The lowest BCUT2D eigenvalue weighted by Gasteiger charge is -2.12. The molecule has 2 aromatic carbocycles. The van der Waals surface area contributed by atoms with Crippen molar-refractivity contribution in [3.05, 3.63) is 59.7 Å². The minimum atomic E-state index is -0.686. The van der Waals surface area contributed by atoms with Gasteiger partial charge in [0.1, 0.15) is 12.4 Å². The van der Waals surface area contributed by atoms with Crippen molar-refractivity contribution in [2.24, 2.45) is 0 Å². The predicted octanol–water partition coefficient (Wildman–Crippen LogP) is 3.19. The number of aliphatic hydroxyl groups is 1. The van der Waals surface area contributed by atoms with E-state index in [-0.39, 0.29) is 6.61 Å². The van der Waals surface area contributed by atoms with Crippen LogP contribution in [0.15, 0.2) is 53.7 Å². The number of tetrazole rings is 1. The van der Waals surface area contributed by atoms with Crippen LogP contribution < -0.4 is 4.74 Å². The maximum absolute atomic E-state index is 10.2. The van der Waals surface area contributed by atoms with Gasteiger partial charge in [0.15, 0.2) is 0 Å². The fraction of sp³-hybridized carbons (Fsp3) is 0.300. The van der Waals surface area contributed by atoms with Crippen LogP contribution in [0.25, 0.3) is 5.69 Å². The molecular weight excluding hydrogens is 374 g/mol. The van der Waals surface area contributed by atoms with E-state index in [1.54, 1.807) is 28.9 Å². The Labute approximate surface area is 168 Å². The van der Waals surface area contributed by atoms with Gasteiger partial charge in [-0.1, -0.05) is 37.7 Å². The van der Waals surface area contributed by atoms with Crippen LogP contribution in [0.2, 0.25) is 0 Å². The average molecular weight is 395 g/mol. The van der Waals surface area contributed by atoms with Crippen molar-refractivity contribution in [2.75, 3.05) is 12.4 Å². The number of aromatic nitrogens is 4. The highest BCUT2D eigenvalue weighted by Gasteiger charge is 2.13. The number of ether oxygens (including phenoxy) is 1. The Morgan fingerprint density at radius 3 is 2.50 bits per heavy atom. The van der Waals surface area contributed by atoms with E-state index in [1.165, 1.54) is 17.3 Å². The first-order valence-electron chi connectivity index (χ1n) is 8.89. The van der Waals surface area contributed by atoms with E-state index >= 15 is 0 Å². The lowest BCUT2D eigenvalue weighted by atomic mass is 10.0. The molecule has 0 aliphatic heterocycles. The van der Waals surface area contributed by atoms with Crippen LogP contribution in [-0.4, -0.2) is 43.8 Å². The van der Waals surface area contributed by atoms with E-state index in [0.29, 0.717) is 28.1 Å². The van der Waals surface area contributed by atoms with Crippen molar-refractivity contribution in [3.8, 4) is 17.5 Å². The Bertz CT molecular complexity index is 932. The highest BCUT2D eigenvalue weighted by molar-refractivity contribution is 7.99. The molecule has 0 radical (unpaired) electrons. The fourth-order valence-electron chi connectivity index (χ4n) is 2.47. The minimum Gasteiger partial charge on any atom is -0.491 e. The zero-order chi connectivity index (χ0) is 19.9. The highest BCUT2D eigenvalue weighted by atomic mass is 32.2. The molecule has 3 aromatic rings.